The summed E-state index contributed by atoms with van der Waals surface area (Å²) < 4.78 is 0. The minimum Gasteiger partial charge on any atom is -0.346 e. The molecule has 1 aliphatic rings. The number of hydrogen-bond donors (Lipinski definition) is 2. The quantitative estimate of drug-likeness (QED) is 0.733. The molecule has 2 heterocycles. The Labute approximate surface area is 169 Å². The maximum atomic E-state index is 12.4. The van der Waals surface area contributed by atoms with E-state index >= 15 is 0 Å². The van der Waals surface area contributed by atoms with Crippen LogP contribution in [0.2, 0.25) is 0 Å². The van der Waals surface area contributed by atoms with Gasteiger partial charge in [-0.15, -0.1) is 23.7 Å². The van der Waals surface area contributed by atoms with Gasteiger partial charge in [-0.3, -0.25) is 9.59 Å². The van der Waals surface area contributed by atoms with Crippen LogP contribution in [0, 0.1) is 0 Å². The Hall–Kier alpha value is -1.96. The van der Waals surface area contributed by atoms with Crippen molar-refractivity contribution in [3.63, 3.8) is 0 Å². The Kier molecular flexibility index (Phi) is 8.22. The van der Waals surface area contributed by atoms with Gasteiger partial charge in [0.15, 0.2) is 0 Å². The minimum absolute atomic E-state index is 0. The van der Waals surface area contributed by atoms with Crippen LogP contribution in [0.3, 0.4) is 0 Å². The van der Waals surface area contributed by atoms with E-state index in [2.05, 4.69) is 10.3 Å². The van der Waals surface area contributed by atoms with Crippen molar-refractivity contribution >= 4 is 35.6 Å². The summed E-state index contributed by atoms with van der Waals surface area (Å²) in [4.78, 5) is 30.8. The van der Waals surface area contributed by atoms with Gasteiger partial charge in [-0.1, -0.05) is 30.3 Å². The molecule has 1 aliphatic heterocycles. The van der Waals surface area contributed by atoms with Crippen molar-refractivity contribution in [3.05, 3.63) is 52.0 Å². The second-order valence-electron chi connectivity index (χ2n) is 6.45. The number of hydrogen-bond acceptors (Lipinski definition) is 5. The number of thiazole rings is 1. The number of nitrogens with zero attached hydrogens (tertiary/aromatic N) is 2. The molecule has 146 valence electrons. The van der Waals surface area contributed by atoms with E-state index in [0.29, 0.717) is 38.2 Å². The molecule has 0 spiro atoms. The number of benzene rings is 1. The van der Waals surface area contributed by atoms with Crippen LogP contribution in [0.15, 0.2) is 35.7 Å². The average molecular weight is 409 g/mol. The van der Waals surface area contributed by atoms with Crippen LogP contribution in [0.1, 0.15) is 33.9 Å². The highest BCUT2D eigenvalue weighted by molar-refractivity contribution is 7.09. The molecular weight excluding hydrogens is 384 g/mol. The van der Waals surface area contributed by atoms with Crippen molar-refractivity contribution in [2.45, 2.75) is 31.7 Å². The van der Waals surface area contributed by atoms with Crippen molar-refractivity contribution in [2.24, 2.45) is 5.73 Å². The molecule has 0 bridgehead atoms. The van der Waals surface area contributed by atoms with Crippen molar-refractivity contribution < 1.29 is 9.59 Å². The van der Waals surface area contributed by atoms with E-state index in [4.69, 9.17) is 5.73 Å². The van der Waals surface area contributed by atoms with E-state index in [-0.39, 0.29) is 30.3 Å². The molecule has 0 aliphatic carbocycles. The molecule has 2 amide bonds. The second kappa shape index (κ2) is 10.4. The van der Waals surface area contributed by atoms with Crippen LogP contribution in [-0.2, 0) is 17.6 Å². The summed E-state index contributed by atoms with van der Waals surface area (Å²) >= 11 is 1.45. The highest BCUT2D eigenvalue weighted by Crippen LogP contribution is 2.14. The summed E-state index contributed by atoms with van der Waals surface area (Å²) in [5.74, 6) is -0.0300. The summed E-state index contributed by atoms with van der Waals surface area (Å²) in [7, 11) is 0. The predicted molar refractivity (Wildman–Crippen MR) is 109 cm³/mol. The van der Waals surface area contributed by atoms with Crippen LogP contribution < -0.4 is 11.1 Å². The van der Waals surface area contributed by atoms with Gasteiger partial charge in [-0.2, -0.15) is 0 Å². The molecule has 1 saturated heterocycles. The number of likely N-dealkylation sites (tertiary alicyclic amines) is 1. The second-order valence-corrected chi connectivity index (χ2v) is 7.39. The van der Waals surface area contributed by atoms with Gasteiger partial charge in [0.2, 0.25) is 5.91 Å². The van der Waals surface area contributed by atoms with Crippen LogP contribution >= 0.6 is 23.7 Å². The topological polar surface area (TPSA) is 88.3 Å². The summed E-state index contributed by atoms with van der Waals surface area (Å²) in [6.07, 6.45) is 2.71. The number of nitrogens with one attached hydrogen (secondary N) is 1. The lowest BCUT2D eigenvalue weighted by Crippen LogP contribution is -2.38. The fraction of sp³-hybridized carbons (Fsp3) is 0.421. The van der Waals surface area contributed by atoms with Gasteiger partial charge in [0, 0.05) is 37.4 Å². The van der Waals surface area contributed by atoms with E-state index in [1.54, 1.807) is 5.38 Å². The first-order chi connectivity index (χ1) is 12.7. The normalized spacial score (nSPS) is 16.0. The number of carbonyl (C=O) groups is 2. The van der Waals surface area contributed by atoms with Gasteiger partial charge in [-0.25, -0.2) is 4.98 Å². The van der Waals surface area contributed by atoms with Crippen LogP contribution in [-0.4, -0.2) is 47.4 Å². The largest absolute Gasteiger partial charge is 0.346 e. The fourth-order valence-corrected chi connectivity index (χ4v) is 3.87. The molecule has 8 heteroatoms. The SMILES string of the molecule is Cl.NCCc1nc(C(=O)NC2CCN(C(=O)CCc3ccccc3)C2)cs1. The van der Waals surface area contributed by atoms with Crippen LogP contribution in [0.25, 0.3) is 0 Å². The van der Waals surface area contributed by atoms with Gasteiger partial charge >= 0.3 is 0 Å². The molecule has 6 nitrogen and oxygen atoms in total. The third-order valence-corrected chi connectivity index (χ3v) is 5.40. The molecule has 1 fully saturated rings. The van der Waals surface area contributed by atoms with Crippen molar-refractivity contribution in [1.29, 1.82) is 0 Å². The molecule has 27 heavy (non-hydrogen) atoms. The van der Waals surface area contributed by atoms with Gasteiger partial charge < -0.3 is 16.0 Å². The average Bonchev–Trinajstić information content (AvgIpc) is 3.31. The molecule has 0 saturated carbocycles. The number of halogens is 1. The fourth-order valence-electron chi connectivity index (χ4n) is 3.07. The number of rotatable bonds is 7. The van der Waals surface area contributed by atoms with E-state index < -0.39 is 0 Å². The maximum Gasteiger partial charge on any atom is 0.271 e. The van der Waals surface area contributed by atoms with Gasteiger partial charge in [0.05, 0.1) is 5.01 Å². The van der Waals surface area contributed by atoms with E-state index in [1.807, 2.05) is 35.2 Å². The molecule has 1 aromatic carbocycles. The molecule has 1 atom stereocenters. The Morgan fingerprint density at radius 1 is 1.26 bits per heavy atom. The highest BCUT2D eigenvalue weighted by atomic mass is 35.5. The lowest BCUT2D eigenvalue weighted by molar-refractivity contribution is -0.130. The number of amides is 2. The molecule has 3 N–H and O–H groups in total. The first kappa shape index (κ1) is 21.3. The van der Waals surface area contributed by atoms with E-state index in [0.717, 1.165) is 17.8 Å². The van der Waals surface area contributed by atoms with Crippen molar-refractivity contribution in [3.8, 4) is 0 Å². The molecule has 1 unspecified atom stereocenters. The summed E-state index contributed by atoms with van der Waals surface area (Å²) in [5.41, 5.74) is 7.12. The highest BCUT2D eigenvalue weighted by Gasteiger charge is 2.27. The third-order valence-electron chi connectivity index (χ3n) is 4.49. The zero-order chi connectivity index (χ0) is 18.4. The molecular formula is C19H25ClN4O2S. The Morgan fingerprint density at radius 3 is 2.78 bits per heavy atom. The first-order valence-corrected chi connectivity index (χ1v) is 9.80. The van der Waals surface area contributed by atoms with Gasteiger partial charge in [0.25, 0.3) is 5.91 Å². The number of aromatic nitrogens is 1. The monoisotopic (exact) mass is 408 g/mol. The van der Waals surface area contributed by atoms with E-state index in [1.165, 1.54) is 16.9 Å². The predicted octanol–water partition coefficient (Wildman–Crippen LogP) is 2.03. The van der Waals surface area contributed by atoms with Gasteiger partial charge in [-0.05, 0) is 24.9 Å². The lowest BCUT2D eigenvalue weighted by Gasteiger charge is -2.17. The Balaban J connectivity index is 0.00000261. The molecule has 1 aromatic heterocycles. The zero-order valence-corrected chi connectivity index (χ0v) is 16.7. The molecule has 3 rings (SSSR count). The standard InChI is InChI=1S/C19H24N4O2S.ClH/c20-10-8-17-22-16(13-26-17)19(25)21-15-9-11-23(12-15)18(24)7-6-14-4-2-1-3-5-14;/h1-5,13,15H,6-12,20H2,(H,21,25);1H. The minimum atomic E-state index is -0.173. The Bertz CT molecular complexity index is 753. The van der Waals surface area contributed by atoms with Crippen LogP contribution in [0.5, 0.6) is 0 Å². The zero-order valence-electron chi connectivity index (χ0n) is 15.1. The summed E-state index contributed by atoms with van der Waals surface area (Å²) in [6, 6.07) is 10.0. The van der Waals surface area contributed by atoms with Crippen molar-refractivity contribution in [1.82, 2.24) is 15.2 Å². The van der Waals surface area contributed by atoms with E-state index in [9.17, 15) is 9.59 Å². The number of nitrogens with two attached hydrogens (primary N) is 1. The first-order valence-electron chi connectivity index (χ1n) is 8.92. The number of aryl methyl sites for hydroxylation is 1. The lowest BCUT2D eigenvalue weighted by atomic mass is 10.1. The summed E-state index contributed by atoms with van der Waals surface area (Å²) in [6.45, 7) is 1.78. The van der Waals surface area contributed by atoms with Crippen molar-refractivity contribution in [2.75, 3.05) is 19.6 Å². The van der Waals surface area contributed by atoms with Gasteiger partial charge in [0.1, 0.15) is 5.69 Å². The van der Waals surface area contributed by atoms with Crippen LogP contribution in [0.4, 0.5) is 0 Å². The molecule has 2 aromatic rings. The third kappa shape index (κ3) is 6.02. The summed E-state index contributed by atoms with van der Waals surface area (Å²) in [5, 5.41) is 5.63. The Morgan fingerprint density at radius 2 is 2.04 bits per heavy atom. The molecule has 0 radical (unpaired) electrons. The number of carbonyl (C=O) groups excluding carboxylic acids is 2. The smallest absolute Gasteiger partial charge is 0.271 e. The maximum absolute atomic E-state index is 12.4.